The van der Waals surface area contributed by atoms with Crippen LogP contribution >= 0.6 is 0 Å². The summed E-state index contributed by atoms with van der Waals surface area (Å²) in [4.78, 5) is 12.5. The summed E-state index contributed by atoms with van der Waals surface area (Å²) in [6, 6.07) is 3.99. The van der Waals surface area contributed by atoms with Gasteiger partial charge in [0.15, 0.2) is 0 Å². The fourth-order valence-corrected chi connectivity index (χ4v) is 1.49. The van der Waals surface area contributed by atoms with Gasteiger partial charge < -0.3 is 10.2 Å². The highest BCUT2D eigenvalue weighted by Crippen LogP contribution is 2.25. The highest BCUT2D eigenvalue weighted by atomic mass is 16.6. The van der Waals surface area contributed by atoms with Gasteiger partial charge in [-0.05, 0) is 23.6 Å². The number of aryl methyl sites for hydroxylation is 1. The van der Waals surface area contributed by atoms with Crippen LogP contribution in [0.15, 0.2) is 23.3 Å². The number of aliphatic hydroxyl groups is 2. The summed E-state index contributed by atoms with van der Waals surface area (Å²) in [6.45, 7) is 1.35. The maximum absolute atomic E-state index is 10.6. The minimum atomic E-state index is -1.34. The van der Waals surface area contributed by atoms with Gasteiger partial charge in [-0.25, -0.2) is 0 Å². The van der Waals surface area contributed by atoms with Crippen molar-refractivity contribution in [1.82, 2.24) is 0 Å². The molecule has 0 bridgehead atoms. The van der Waals surface area contributed by atoms with Gasteiger partial charge in [0.05, 0.1) is 17.6 Å². The van der Waals surface area contributed by atoms with Gasteiger partial charge >= 0.3 is 0 Å². The lowest BCUT2D eigenvalue weighted by Crippen LogP contribution is -2.22. The monoisotopic (exact) mass is 252 g/mol. The normalized spacial score (nSPS) is 13.5. The molecule has 8 heteroatoms. The molecule has 0 aliphatic rings. The van der Waals surface area contributed by atoms with Crippen molar-refractivity contribution < 1.29 is 15.1 Å². The molecule has 0 amide bonds. The Morgan fingerprint density at radius 3 is 2.78 bits per heavy atom. The smallest absolute Gasteiger partial charge is 0.269 e. The van der Waals surface area contributed by atoms with Crippen molar-refractivity contribution in [1.29, 1.82) is 0 Å². The third-order valence-electron chi connectivity index (χ3n) is 2.49. The van der Waals surface area contributed by atoms with Crippen LogP contribution in [0.5, 0.6) is 0 Å². The number of nitro groups is 1. The summed E-state index contributed by atoms with van der Waals surface area (Å²) >= 11 is 0. The van der Waals surface area contributed by atoms with E-state index in [0.717, 1.165) is 0 Å². The Bertz CT molecular complexity index is 499. The Morgan fingerprint density at radius 2 is 2.22 bits per heavy atom. The summed E-state index contributed by atoms with van der Waals surface area (Å²) in [6.07, 6.45) is -2.64. The van der Waals surface area contributed by atoms with E-state index < -0.39 is 17.1 Å². The van der Waals surface area contributed by atoms with Crippen LogP contribution in [0.3, 0.4) is 0 Å². The minimum absolute atomic E-state index is 0.175. The van der Waals surface area contributed by atoms with E-state index in [2.05, 4.69) is 10.0 Å². The SMILES string of the molecule is Cc1ccc([N+](=O)[O-])cc1C(O)C(O)CN=[N+]=[N-]. The maximum atomic E-state index is 10.6. The van der Waals surface area contributed by atoms with E-state index in [0.29, 0.717) is 5.56 Å². The molecule has 1 aromatic carbocycles. The molecule has 0 saturated carbocycles. The predicted octanol–water partition coefficient (Wildman–Crippen LogP) is 1.61. The molecule has 2 atom stereocenters. The topological polar surface area (TPSA) is 132 Å². The molecule has 0 aliphatic carbocycles. The molecule has 2 unspecified atom stereocenters. The van der Waals surface area contributed by atoms with Crippen LogP contribution in [0.25, 0.3) is 10.4 Å². The predicted molar refractivity (Wildman–Crippen MR) is 62.8 cm³/mol. The van der Waals surface area contributed by atoms with Gasteiger partial charge in [-0.1, -0.05) is 11.2 Å². The average Bonchev–Trinajstić information content (AvgIpc) is 2.35. The number of nitro benzene ring substituents is 1. The number of hydrogen-bond acceptors (Lipinski definition) is 5. The average molecular weight is 252 g/mol. The highest BCUT2D eigenvalue weighted by Gasteiger charge is 2.21. The number of benzene rings is 1. The number of rotatable bonds is 5. The number of aliphatic hydroxyl groups excluding tert-OH is 2. The fourth-order valence-electron chi connectivity index (χ4n) is 1.49. The number of nitrogens with zero attached hydrogens (tertiary/aromatic N) is 4. The van der Waals surface area contributed by atoms with E-state index >= 15 is 0 Å². The van der Waals surface area contributed by atoms with Crippen LogP contribution in [0, 0.1) is 17.0 Å². The Kier molecular flexibility index (Phi) is 4.61. The van der Waals surface area contributed by atoms with Crippen LogP contribution in [-0.2, 0) is 0 Å². The van der Waals surface area contributed by atoms with Crippen LogP contribution in [-0.4, -0.2) is 27.8 Å². The first-order valence-corrected chi connectivity index (χ1v) is 5.09. The molecular formula is C10H12N4O4. The first-order valence-electron chi connectivity index (χ1n) is 5.09. The second-order valence-electron chi connectivity index (χ2n) is 3.72. The Hall–Kier alpha value is -2.15. The van der Waals surface area contributed by atoms with E-state index in [4.69, 9.17) is 5.53 Å². The van der Waals surface area contributed by atoms with Crippen LogP contribution in [0.1, 0.15) is 17.2 Å². The van der Waals surface area contributed by atoms with E-state index in [-0.39, 0.29) is 17.8 Å². The van der Waals surface area contributed by atoms with Crippen molar-refractivity contribution in [2.45, 2.75) is 19.1 Å². The lowest BCUT2D eigenvalue weighted by Gasteiger charge is -2.18. The van der Waals surface area contributed by atoms with E-state index in [1.165, 1.54) is 18.2 Å². The number of hydrogen-bond donors (Lipinski definition) is 2. The van der Waals surface area contributed by atoms with Gasteiger partial charge in [0, 0.05) is 17.0 Å². The third kappa shape index (κ3) is 3.17. The molecule has 0 spiro atoms. The van der Waals surface area contributed by atoms with Crippen molar-refractivity contribution in [2.75, 3.05) is 6.54 Å². The van der Waals surface area contributed by atoms with Gasteiger partial charge in [-0.15, -0.1) is 0 Å². The van der Waals surface area contributed by atoms with Crippen molar-refractivity contribution >= 4 is 5.69 Å². The standard InChI is InChI=1S/C10H12N4O4/c1-6-2-3-7(14(17)18)4-8(6)10(16)9(15)5-12-13-11/h2-4,9-10,15-16H,5H2,1H3. The molecule has 1 aromatic rings. The molecule has 1 rings (SSSR count). The Morgan fingerprint density at radius 1 is 1.56 bits per heavy atom. The van der Waals surface area contributed by atoms with E-state index in [1.807, 2.05) is 0 Å². The second kappa shape index (κ2) is 5.97. The summed E-state index contributed by atoms with van der Waals surface area (Å²) < 4.78 is 0. The van der Waals surface area contributed by atoms with Crippen molar-refractivity contribution in [3.05, 3.63) is 49.9 Å². The van der Waals surface area contributed by atoms with Crippen molar-refractivity contribution in [2.24, 2.45) is 5.11 Å². The molecular weight excluding hydrogens is 240 g/mol. The minimum Gasteiger partial charge on any atom is -0.390 e. The number of non-ortho nitro benzene ring substituents is 1. The molecule has 0 aromatic heterocycles. The fraction of sp³-hybridized carbons (Fsp3) is 0.400. The zero-order valence-electron chi connectivity index (χ0n) is 9.59. The lowest BCUT2D eigenvalue weighted by atomic mass is 9.99. The largest absolute Gasteiger partial charge is 0.390 e. The van der Waals surface area contributed by atoms with Crippen molar-refractivity contribution in [3.8, 4) is 0 Å². The van der Waals surface area contributed by atoms with Gasteiger partial charge in [0.25, 0.3) is 5.69 Å². The molecule has 96 valence electrons. The molecule has 0 fully saturated rings. The molecule has 2 N–H and O–H groups in total. The highest BCUT2D eigenvalue weighted by molar-refractivity contribution is 5.40. The van der Waals surface area contributed by atoms with Gasteiger partial charge in [0.2, 0.25) is 0 Å². The van der Waals surface area contributed by atoms with Crippen LogP contribution < -0.4 is 0 Å². The summed E-state index contributed by atoms with van der Waals surface area (Å²) in [7, 11) is 0. The molecule has 0 saturated heterocycles. The summed E-state index contributed by atoms with van der Waals surface area (Å²) in [5, 5.41) is 33.2. The molecule has 0 heterocycles. The van der Waals surface area contributed by atoms with Crippen molar-refractivity contribution in [3.63, 3.8) is 0 Å². The number of azide groups is 1. The lowest BCUT2D eigenvalue weighted by molar-refractivity contribution is -0.385. The summed E-state index contributed by atoms with van der Waals surface area (Å²) in [5.41, 5.74) is 8.79. The van der Waals surface area contributed by atoms with Gasteiger partial charge in [-0.3, -0.25) is 10.1 Å². The first-order chi connectivity index (χ1) is 8.47. The zero-order valence-corrected chi connectivity index (χ0v) is 9.59. The quantitative estimate of drug-likeness (QED) is 0.270. The van der Waals surface area contributed by atoms with Crippen LogP contribution in [0.2, 0.25) is 0 Å². The third-order valence-corrected chi connectivity index (χ3v) is 2.49. The Labute approximate surface area is 102 Å². The van der Waals surface area contributed by atoms with E-state index in [9.17, 15) is 20.3 Å². The van der Waals surface area contributed by atoms with Gasteiger partial charge in [-0.2, -0.15) is 0 Å². The maximum Gasteiger partial charge on any atom is 0.269 e. The molecule has 0 radical (unpaired) electrons. The van der Waals surface area contributed by atoms with Gasteiger partial charge in [0.1, 0.15) is 6.10 Å². The van der Waals surface area contributed by atoms with E-state index in [1.54, 1.807) is 6.92 Å². The zero-order chi connectivity index (χ0) is 13.7. The molecule has 0 aliphatic heterocycles. The second-order valence-corrected chi connectivity index (χ2v) is 3.72. The van der Waals surface area contributed by atoms with Crippen LogP contribution in [0.4, 0.5) is 5.69 Å². The Balaban J connectivity index is 3.03. The molecule has 8 nitrogen and oxygen atoms in total. The first kappa shape index (κ1) is 13.9. The summed E-state index contributed by atoms with van der Waals surface area (Å²) in [5.74, 6) is 0. The molecule has 18 heavy (non-hydrogen) atoms.